The van der Waals surface area contributed by atoms with Crippen molar-refractivity contribution in [3.63, 3.8) is 0 Å². The Kier molecular flexibility index (Phi) is 3.69. The van der Waals surface area contributed by atoms with E-state index in [9.17, 15) is 4.79 Å². The van der Waals surface area contributed by atoms with Crippen molar-refractivity contribution in [3.05, 3.63) is 53.7 Å². The van der Waals surface area contributed by atoms with Gasteiger partial charge in [0.15, 0.2) is 5.82 Å². The molecule has 0 bridgehead atoms. The lowest BCUT2D eigenvalue weighted by Crippen LogP contribution is -2.52. The van der Waals surface area contributed by atoms with Gasteiger partial charge < -0.3 is 10.2 Å². The second-order valence-corrected chi connectivity index (χ2v) is 8.02. The lowest BCUT2D eigenvalue weighted by molar-refractivity contribution is -0.123. The van der Waals surface area contributed by atoms with E-state index in [0.717, 1.165) is 49.6 Å². The molecule has 1 N–H and O–H groups in total. The Morgan fingerprint density at radius 3 is 2.46 bits per heavy atom. The second-order valence-electron chi connectivity index (χ2n) is 8.02. The molecular weight excluding hydrogens is 324 g/mol. The summed E-state index contributed by atoms with van der Waals surface area (Å²) in [6, 6.07) is 14.4. The van der Waals surface area contributed by atoms with E-state index in [0.29, 0.717) is 11.8 Å². The summed E-state index contributed by atoms with van der Waals surface area (Å²) in [6.07, 6.45) is 4.43. The van der Waals surface area contributed by atoms with Crippen LogP contribution >= 0.6 is 0 Å². The third-order valence-electron chi connectivity index (χ3n) is 6.01. The Morgan fingerprint density at radius 2 is 1.85 bits per heavy atom. The Labute approximate surface area is 153 Å². The molecule has 1 aromatic heterocycles. The van der Waals surface area contributed by atoms with Gasteiger partial charge in [-0.25, -0.2) is 0 Å². The smallest absolute Gasteiger partial charge is 0.230 e. The van der Waals surface area contributed by atoms with Crippen molar-refractivity contribution in [1.82, 2.24) is 15.5 Å². The van der Waals surface area contributed by atoms with Gasteiger partial charge in [0.2, 0.25) is 5.91 Å². The number of hydrogen-bond acceptors (Lipinski definition) is 4. The third-order valence-corrected chi connectivity index (χ3v) is 6.01. The van der Waals surface area contributed by atoms with Crippen LogP contribution in [-0.4, -0.2) is 35.7 Å². The molecule has 5 nitrogen and oxygen atoms in total. The minimum Gasteiger partial charge on any atom is -0.355 e. The van der Waals surface area contributed by atoms with Gasteiger partial charge in [0.05, 0.1) is 11.1 Å². The average Bonchev–Trinajstić information content (AvgIpc) is 3.55. The van der Waals surface area contributed by atoms with Gasteiger partial charge >= 0.3 is 0 Å². The molecule has 0 atom stereocenters. The van der Waals surface area contributed by atoms with Crippen molar-refractivity contribution >= 4 is 11.7 Å². The molecular formula is C21H24N4O. The molecule has 1 aromatic carbocycles. The molecule has 1 saturated heterocycles. The highest BCUT2D eigenvalue weighted by Gasteiger charge is 2.51. The van der Waals surface area contributed by atoms with Crippen LogP contribution in [0.1, 0.15) is 42.9 Å². The third kappa shape index (κ3) is 2.85. The largest absolute Gasteiger partial charge is 0.355 e. The van der Waals surface area contributed by atoms with E-state index < -0.39 is 0 Å². The molecule has 26 heavy (non-hydrogen) atoms. The van der Waals surface area contributed by atoms with Crippen LogP contribution in [0, 0.1) is 5.92 Å². The SMILES string of the molecule is O=C(NCC1CN(c2ccc(C3CC3)nn2)C1)C1(c2ccccc2)CC1. The second kappa shape index (κ2) is 6.08. The van der Waals surface area contributed by atoms with Gasteiger partial charge in [-0.2, -0.15) is 5.10 Å². The zero-order valence-electron chi connectivity index (χ0n) is 14.9. The number of nitrogens with zero attached hydrogens (tertiary/aromatic N) is 3. The van der Waals surface area contributed by atoms with E-state index in [1.165, 1.54) is 12.8 Å². The number of rotatable bonds is 6. The van der Waals surface area contributed by atoms with Crippen LogP contribution in [0.15, 0.2) is 42.5 Å². The fraction of sp³-hybridized carbons (Fsp3) is 0.476. The molecule has 2 heterocycles. The molecule has 1 amide bonds. The number of carbonyl (C=O) groups excluding carboxylic acids is 1. The highest BCUT2D eigenvalue weighted by Crippen LogP contribution is 2.48. The van der Waals surface area contributed by atoms with Crippen LogP contribution in [0.3, 0.4) is 0 Å². The molecule has 134 valence electrons. The minimum atomic E-state index is -0.269. The first-order valence-corrected chi connectivity index (χ1v) is 9.67. The first-order chi connectivity index (χ1) is 12.7. The lowest BCUT2D eigenvalue weighted by Gasteiger charge is -2.40. The van der Waals surface area contributed by atoms with E-state index in [1.807, 2.05) is 18.2 Å². The van der Waals surface area contributed by atoms with E-state index in [1.54, 1.807) is 0 Å². The molecule has 5 rings (SSSR count). The normalized spacial score (nSPS) is 21.2. The summed E-state index contributed by atoms with van der Waals surface area (Å²) in [7, 11) is 0. The van der Waals surface area contributed by atoms with Crippen molar-refractivity contribution in [3.8, 4) is 0 Å². The van der Waals surface area contributed by atoms with Crippen LogP contribution in [0.25, 0.3) is 0 Å². The molecule has 0 spiro atoms. The molecule has 0 unspecified atom stereocenters. The molecule has 2 aromatic rings. The van der Waals surface area contributed by atoms with Crippen molar-refractivity contribution in [2.24, 2.45) is 5.92 Å². The number of amides is 1. The number of carbonyl (C=O) groups is 1. The van der Waals surface area contributed by atoms with Crippen molar-refractivity contribution in [2.75, 3.05) is 24.5 Å². The van der Waals surface area contributed by atoms with Crippen LogP contribution in [0.5, 0.6) is 0 Å². The summed E-state index contributed by atoms with van der Waals surface area (Å²) in [4.78, 5) is 14.9. The van der Waals surface area contributed by atoms with Crippen molar-refractivity contribution in [2.45, 2.75) is 37.0 Å². The van der Waals surface area contributed by atoms with Crippen molar-refractivity contribution in [1.29, 1.82) is 0 Å². The molecule has 2 saturated carbocycles. The van der Waals surface area contributed by atoms with Gasteiger partial charge in [0.25, 0.3) is 0 Å². The predicted molar refractivity (Wildman–Crippen MR) is 100 cm³/mol. The summed E-state index contributed by atoms with van der Waals surface area (Å²) in [5, 5.41) is 11.9. The molecule has 5 heteroatoms. The summed E-state index contributed by atoms with van der Waals surface area (Å²) >= 11 is 0. The standard InChI is InChI=1S/C21H24N4O/c26-20(21(10-11-21)17-4-2-1-3-5-17)22-12-15-13-25(14-15)19-9-8-18(23-24-19)16-6-7-16/h1-5,8-9,15-16H,6-7,10-14H2,(H,22,26). The lowest BCUT2D eigenvalue weighted by atomic mass is 9.94. The molecule has 1 aliphatic heterocycles. The van der Waals surface area contributed by atoms with Crippen LogP contribution < -0.4 is 10.2 Å². The number of aromatic nitrogens is 2. The van der Waals surface area contributed by atoms with Crippen molar-refractivity contribution < 1.29 is 4.79 Å². The molecule has 3 aliphatic rings. The quantitative estimate of drug-likeness (QED) is 0.872. The van der Waals surface area contributed by atoms with Gasteiger partial charge in [0.1, 0.15) is 0 Å². The summed E-state index contributed by atoms with van der Waals surface area (Å²) in [6.45, 7) is 2.63. The fourth-order valence-electron chi connectivity index (χ4n) is 3.92. The topological polar surface area (TPSA) is 58.1 Å². The molecule has 2 aliphatic carbocycles. The maximum atomic E-state index is 12.7. The number of anilines is 1. The summed E-state index contributed by atoms with van der Waals surface area (Å²) in [5.41, 5.74) is 2.02. The Morgan fingerprint density at radius 1 is 1.08 bits per heavy atom. The number of hydrogen-bond donors (Lipinski definition) is 1. The molecule has 0 radical (unpaired) electrons. The highest BCUT2D eigenvalue weighted by molar-refractivity contribution is 5.91. The predicted octanol–water partition coefficient (Wildman–Crippen LogP) is 2.64. The maximum Gasteiger partial charge on any atom is 0.230 e. The summed E-state index contributed by atoms with van der Waals surface area (Å²) < 4.78 is 0. The zero-order valence-corrected chi connectivity index (χ0v) is 14.9. The van der Waals surface area contributed by atoms with E-state index in [-0.39, 0.29) is 11.3 Å². The highest BCUT2D eigenvalue weighted by atomic mass is 16.2. The fourth-order valence-corrected chi connectivity index (χ4v) is 3.92. The van der Waals surface area contributed by atoms with Crippen LogP contribution in [0.4, 0.5) is 5.82 Å². The van der Waals surface area contributed by atoms with Crippen LogP contribution in [0.2, 0.25) is 0 Å². The van der Waals surface area contributed by atoms with Gasteiger partial charge in [-0.3, -0.25) is 4.79 Å². The van der Waals surface area contributed by atoms with Gasteiger partial charge in [-0.1, -0.05) is 30.3 Å². The Bertz CT molecular complexity index is 791. The van der Waals surface area contributed by atoms with Gasteiger partial charge in [-0.15, -0.1) is 5.10 Å². The number of nitrogens with one attached hydrogen (secondary N) is 1. The van der Waals surface area contributed by atoms with Gasteiger partial charge in [-0.05, 0) is 43.4 Å². The summed E-state index contributed by atoms with van der Waals surface area (Å²) in [5.74, 6) is 2.29. The molecule has 3 fully saturated rings. The van der Waals surface area contributed by atoms with Gasteiger partial charge in [0, 0.05) is 31.5 Å². The first-order valence-electron chi connectivity index (χ1n) is 9.67. The van der Waals surface area contributed by atoms with E-state index >= 15 is 0 Å². The van der Waals surface area contributed by atoms with Crippen LogP contribution in [-0.2, 0) is 10.2 Å². The monoisotopic (exact) mass is 348 g/mol. The van der Waals surface area contributed by atoms with E-state index in [4.69, 9.17) is 0 Å². The first kappa shape index (κ1) is 15.8. The Balaban J connectivity index is 1.12. The maximum absolute atomic E-state index is 12.7. The Hall–Kier alpha value is -2.43. The van der Waals surface area contributed by atoms with E-state index in [2.05, 4.69) is 44.7 Å². The number of benzene rings is 1. The zero-order chi connectivity index (χ0) is 17.6. The minimum absolute atomic E-state index is 0.190. The average molecular weight is 348 g/mol.